The zero-order valence-electron chi connectivity index (χ0n) is 15.1. The predicted molar refractivity (Wildman–Crippen MR) is 92.9 cm³/mol. The average Bonchev–Trinajstić information content (AvgIpc) is 2.59. The summed E-state index contributed by atoms with van der Waals surface area (Å²) in [5.41, 5.74) is 0. The van der Waals surface area contributed by atoms with Crippen LogP contribution >= 0.6 is 0 Å². The number of hydrogen-bond donors (Lipinski definition) is 1. The Kier molecular flexibility index (Phi) is 11.5. The first-order valence-corrected chi connectivity index (χ1v) is 9.62. The first kappa shape index (κ1) is 20.9. The molecule has 0 radical (unpaired) electrons. The Morgan fingerprint density at radius 1 is 0.917 bits per heavy atom. The molecule has 0 bridgehead atoms. The molecule has 0 aromatic carbocycles. The smallest absolute Gasteiger partial charge is 0.309 e. The zero-order chi connectivity index (χ0) is 17.6. The third-order valence-corrected chi connectivity index (χ3v) is 4.72. The summed E-state index contributed by atoms with van der Waals surface area (Å²) in [6, 6.07) is 0. The van der Waals surface area contributed by atoms with E-state index >= 15 is 0 Å². The monoisotopic (exact) mass is 342 g/mol. The van der Waals surface area contributed by atoms with Crippen molar-refractivity contribution in [2.75, 3.05) is 19.8 Å². The maximum atomic E-state index is 12.0. The summed E-state index contributed by atoms with van der Waals surface area (Å²) < 4.78 is 10.7. The van der Waals surface area contributed by atoms with Crippen molar-refractivity contribution in [3.8, 4) is 0 Å². The topological polar surface area (TPSA) is 72.8 Å². The molecule has 5 heteroatoms. The fourth-order valence-electron chi connectivity index (χ4n) is 3.21. The Balaban J connectivity index is 1.95. The molecule has 0 aliphatic heterocycles. The van der Waals surface area contributed by atoms with Crippen LogP contribution in [0.15, 0.2) is 0 Å². The summed E-state index contributed by atoms with van der Waals surface area (Å²) in [4.78, 5) is 23.0. The standard InChI is InChI=1S/C19H34O5/c1-2-3-4-5-6-7-8-12-23-13-14-24-19(22)17-11-9-10-16(15-17)18(20)21/h16-17H,2-15H2,1H3,(H,20,21). The number of carboxylic acids is 1. The lowest BCUT2D eigenvalue weighted by molar-refractivity contribution is -0.153. The second-order valence-corrected chi connectivity index (χ2v) is 6.80. The van der Waals surface area contributed by atoms with Gasteiger partial charge in [0.1, 0.15) is 6.61 Å². The molecule has 0 aromatic rings. The van der Waals surface area contributed by atoms with Gasteiger partial charge in [-0.15, -0.1) is 0 Å². The molecule has 1 N–H and O–H groups in total. The van der Waals surface area contributed by atoms with Crippen LogP contribution in [0.5, 0.6) is 0 Å². The predicted octanol–water partition coefficient (Wildman–Crippen LogP) is 4.19. The highest BCUT2D eigenvalue weighted by Gasteiger charge is 2.31. The van der Waals surface area contributed by atoms with Crippen LogP contribution in [-0.2, 0) is 19.1 Å². The van der Waals surface area contributed by atoms with Crippen molar-refractivity contribution in [1.82, 2.24) is 0 Å². The minimum atomic E-state index is -0.800. The Labute approximate surface area is 146 Å². The van der Waals surface area contributed by atoms with Gasteiger partial charge in [0.15, 0.2) is 0 Å². The second kappa shape index (κ2) is 13.2. The SMILES string of the molecule is CCCCCCCCCOCCOC(=O)C1CCCC(C(=O)O)C1. The van der Waals surface area contributed by atoms with Gasteiger partial charge >= 0.3 is 11.9 Å². The molecule has 2 atom stereocenters. The van der Waals surface area contributed by atoms with Crippen molar-refractivity contribution in [3.05, 3.63) is 0 Å². The van der Waals surface area contributed by atoms with Crippen LogP contribution in [0.25, 0.3) is 0 Å². The van der Waals surface area contributed by atoms with E-state index in [4.69, 9.17) is 14.6 Å². The number of aliphatic carboxylic acids is 1. The van der Waals surface area contributed by atoms with Gasteiger partial charge in [0.25, 0.3) is 0 Å². The van der Waals surface area contributed by atoms with Gasteiger partial charge in [-0.3, -0.25) is 9.59 Å². The Bertz CT molecular complexity index is 356. The van der Waals surface area contributed by atoms with Gasteiger partial charge in [-0.25, -0.2) is 0 Å². The van der Waals surface area contributed by atoms with Crippen molar-refractivity contribution < 1.29 is 24.2 Å². The molecular weight excluding hydrogens is 308 g/mol. The van der Waals surface area contributed by atoms with Gasteiger partial charge in [0.05, 0.1) is 18.4 Å². The lowest BCUT2D eigenvalue weighted by Crippen LogP contribution is -2.29. The maximum Gasteiger partial charge on any atom is 0.309 e. The normalized spacial score (nSPS) is 20.7. The van der Waals surface area contributed by atoms with E-state index < -0.39 is 11.9 Å². The summed E-state index contributed by atoms with van der Waals surface area (Å²) >= 11 is 0. The summed E-state index contributed by atoms with van der Waals surface area (Å²) in [5, 5.41) is 9.04. The molecule has 5 nitrogen and oxygen atoms in total. The van der Waals surface area contributed by atoms with Crippen molar-refractivity contribution in [3.63, 3.8) is 0 Å². The van der Waals surface area contributed by atoms with Crippen molar-refractivity contribution in [2.24, 2.45) is 11.8 Å². The van der Waals surface area contributed by atoms with E-state index in [-0.39, 0.29) is 18.5 Å². The number of rotatable bonds is 13. The van der Waals surface area contributed by atoms with Gasteiger partial charge in [-0.1, -0.05) is 51.9 Å². The number of unbranched alkanes of at least 4 members (excludes halogenated alkanes) is 6. The van der Waals surface area contributed by atoms with Gasteiger partial charge < -0.3 is 14.6 Å². The Morgan fingerprint density at radius 2 is 1.58 bits per heavy atom. The maximum absolute atomic E-state index is 12.0. The summed E-state index contributed by atoms with van der Waals surface area (Å²) in [5.74, 6) is -1.72. The molecule has 2 unspecified atom stereocenters. The van der Waals surface area contributed by atoms with Crippen LogP contribution in [-0.4, -0.2) is 36.9 Å². The summed E-state index contributed by atoms with van der Waals surface area (Å²) in [6.45, 7) is 3.63. The number of carbonyl (C=O) groups excluding carboxylic acids is 1. The molecule has 1 saturated carbocycles. The lowest BCUT2D eigenvalue weighted by Gasteiger charge is -2.24. The highest BCUT2D eigenvalue weighted by atomic mass is 16.6. The third kappa shape index (κ3) is 9.26. The van der Waals surface area contributed by atoms with Crippen molar-refractivity contribution >= 4 is 11.9 Å². The first-order chi connectivity index (χ1) is 11.6. The lowest BCUT2D eigenvalue weighted by atomic mass is 9.81. The average molecular weight is 342 g/mol. The van der Waals surface area contributed by atoms with Crippen molar-refractivity contribution in [1.29, 1.82) is 0 Å². The minimum Gasteiger partial charge on any atom is -0.481 e. The summed E-state index contributed by atoms with van der Waals surface area (Å²) in [6.07, 6.45) is 11.4. The first-order valence-electron chi connectivity index (χ1n) is 9.62. The number of ether oxygens (including phenoxy) is 2. The van der Waals surface area contributed by atoms with Crippen LogP contribution in [0.1, 0.15) is 77.6 Å². The number of carbonyl (C=O) groups is 2. The molecule has 140 valence electrons. The van der Waals surface area contributed by atoms with Crippen molar-refractivity contribution in [2.45, 2.75) is 77.6 Å². The van der Waals surface area contributed by atoms with E-state index in [2.05, 4.69) is 6.92 Å². The van der Waals surface area contributed by atoms with E-state index in [0.29, 0.717) is 19.4 Å². The van der Waals surface area contributed by atoms with E-state index in [0.717, 1.165) is 25.9 Å². The van der Waals surface area contributed by atoms with Gasteiger partial charge in [-0.05, 0) is 25.7 Å². The van der Waals surface area contributed by atoms with E-state index in [1.54, 1.807) is 0 Å². The molecule has 24 heavy (non-hydrogen) atoms. The second-order valence-electron chi connectivity index (χ2n) is 6.80. The number of esters is 1. The molecular formula is C19H34O5. The zero-order valence-corrected chi connectivity index (χ0v) is 15.1. The molecule has 1 aliphatic rings. The van der Waals surface area contributed by atoms with Crippen LogP contribution < -0.4 is 0 Å². The molecule has 0 aromatic heterocycles. The fourth-order valence-corrected chi connectivity index (χ4v) is 3.21. The van der Waals surface area contributed by atoms with E-state index in [1.165, 1.54) is 38.5 Å². The molecule has 0 saturated heterocycles. The van der Waals surface area contributed by atoms with Gasteiger partial charge in [0.2, 0.25) is 0 Å². The van der Waals surface area contributed by atoms with Gasteiger partial charge in [-0.2, -0.15) is 0 Å². The van der Waals surface area contributed by atoms with Crippen LogP contribution in [0.4, 0.5) is 0 Å². The van der Waals surface area contributed by atoms with Crippen LogP contribution in [0, 0.1) is 11.8 Å². The molecule has 0 heterocycles. The molecule has 1 fully saturated rings. The largest absolute Gasteiger partial charge is 0.481 e. The molecule has 1 rings (SSSR count). The highest BCUT2D eigenvalue weighted by molar-refractivity contribution is 5.75. The highest BCUT2D eigenvalue weighted by Crippen LogP contribution is 2.30. The Morgan fingerprint density at radius 3 is 2.29 bits per heavy atom. The molecule has 0 amide bonds. The number of hydrogen-bond acceptors (Lipinski definition) is 4. The fraction of sp³-hybridized carbons (Fsp3) is 0.895. The molecule has 1 aliphatic carbocycles. The summed E-state index contributed by atoms with van der Waals surface area (Å²) in [7, 11) is 0. The quantitative estimate of drug-likeness (QED) is 0.401. The van der Waals surface area contributed by atoms with E-state index in [9.17, 15) is 9.59 Å². The number of carboxylic acid groups (broad SMARTS) is 1. The van der Waals surface area contributed by atoms with E-state index in [1.807, 2.05) is 0 Å². The third-order valence-electron chi connectivity index (χ3n) is 4.72. The van der Waals surface area contributed by atoms with Crippen LogP contribution in [0.2, 0.25) is 0 Å². The Hall–Kier alpha value is -1.10. The minimum absolute atomic E-state index is 0.261. The van der Waals surface area contributed by atoms with Crippen LogP contribution in [0.3, 0.4) is 0 Å². The van der Waals surface area contributed by atoms with Gasteiger partial charge in [0, 0.05) is 6.61 Å². The molecule has 0 spiro atoms.